The van der Waals surface area contributed by atoms with Gasteiger partial charge in [0.25, 0.3) is 0 Å². The van der Waals surface area contributed by atoms with Gasteiger partial charge in [-0.2, -0.15) is 0 Å². The summed E-state index contributed by atoms with van der Waals surface area (Å²) in [6.45, 7) is 6.47. The molecule has 392 valence electrons. The summed E-state index contributed by atoms with van der Waals surface area (Å²) in [4.78, 5) is 38.1. The smallest absolute Gasteiger partial charge is 0.306 e. The normalized spacial score (nSPS) is 12.6. The highest BCUT2D eigenvalue weighted by Crippen LogP contribution is 2.16. The van der Waals surface area contributed by atoms with Crippen molar-refractivity contribution < 1.29 is 28.6 Å². The van der Waals surface area contributed by atoms with Crippen LogP contribution in [0.5, 0.6) is 0 Å². The third kappa shape index (κ3) is 53.8. The number of hydrogen-bond donors (Lipinski definition) is 0. The number of esters is 3. The molecule has 0 amide bonds. The molecule has 0 saturated heterocycles. The molecular formula is C62H108O6. The van der Waals surface area contributed by atoms with E-state index in [4.69, 9.17) is 14.2 Å². The van der Waals surface area contributed by atoms with E-state index >= 15 is 0 Å². The number of hydrogen-bond acceptors (Lipinski definition) is 6. The lowest BCUT2D eigenvalue weighted by molar-refractivity contribution is -0.167. The largest absolute Gasteiger partial charge is 0.462 e. The minimum atomic E-state index is -0.799. The number of carbonyl (C=O) groups excluding carboxylic acids is 3. The molecule has 0 radical (unpaired) electrons. The minimum absolute atomic E-state index is 0.0924. The molecule has 0 rings (SSSR count). The summed E-state index contributed by atoms with van der Waals surface area (Å²) >= 11 is 0. The second-order valence-electron chi connectivity index (χ2n) is 19.3. The van der Waals surface area contributed by atoms with E-state index in [1.165, 1.54) is 154 Å². The molecule has 0 aromatic heterocycles. The second kappa shape index (κ2) is 56.4. The third-order valence-corrected chi connectivity index (χ3v) is 12.6. The summed E-state index contributed by atoms with van der Waals surface area (Å²) in [5, 5.41) is 0. The highest BCUT2D eigenvalue weighted by molar-refractivity contribution is 5.71. The van der Waals surface area contributed by atoms with Crippen molar-refractivity contribution in [2.45, 2.75) is 290 Å². The third-order valence-electron chi connectivity index (χ3n) is 12.6. The fourth-order valence-corrected chi connectivity index (χ4v) is 8.21. The molecule has 0 fully saturated rings. The van der Waals surface area contributed by atoms with Crippen molar-refractivity contribution in [1.29, 1.82) is 0 Å². The van der Waals surface area contributed by atoms with E-state index in [-0.39, 0.29) is 31.1 Å². The molecule has 0 spiro atoms. The predicted molar refractivity (Wildman–Crippen MR) is 293 cm³/mol. The van der Waals surface area contributed by atoms with Gasteiger partial charge in [0.1, 0.15) is 13.2 Å². The van der Waals surface area contributed by atoms with Crippen LogP contribution in [0.4, 0.5) is 0 Å². The molecule has 0 aliphatic rings. The van der Waals surface area contributed by atoms with Crippen LogP contribution in [-0.4, -0.2) is 37.2 Å². The predicted octanol–water partition coefficient (Wildman–Crippen LogP) is 19.4. The Bertz CT molecular complexity index is 1270. The van der Waals surface area contributed by atoms with Crippen molar-refractivity contribution in [2.75, 3.05) is 13.2 Å². The topological polar surface area (TPSA) is 78.9 Å². The summed E-state index contributed by atoms with van der Waals surface area (Å²) in [5.41, 5.74) is 0. The lowest BCUT2D eigenvalue weighted by atomic mass is 10.0. The number of carbonyl (C=O) groups is 3. The van der Waals surface area contributed by atoms with Crippen molar-refractivity contribution in [2.24, 2.45) is 0 Å². The zero-order valence-corrected chi connectivity index (χ0v) is 44.9. The zero-order chi connectivity index (χ0) is 49.3. The van der Waals surface area contributed by atoms with E-state index in [2.05, 4.69) is 63.3 Å². The van der Waals surface area contributed by atoms with Gasteiger partial charge >= 0.3 is 17.9 Å². The molecular weight excluding hydrogens is 841 g/mol. The summed E-state index contributed by atoms with van der Waals surface area (Å²) in [6, 6.07) is 0. The van der Waals surface area contributed by atoms with E-state index in [1.807, 2.05) is 30.4 Å². The van der Waals surface area contributed by atoms with Crippen molar-refractivity contribution in [3.05, 3.63) is 72.9 Å². The number of unbranched alkanes of at least 4 members (excludes halogenated alkanes) is 33. The fourth-order valence-electron chi connectivity index (χ4n) is 8.21. The Morgan fingerprint density at radius 1 is 0.309 bits per heavy atom. The van der Waals surface area contributed by atoms with Crippen LogP contribution < -0.4 is 0 Å². The molecule has 1 atom stereocenters. The standard InChI is InChI=1S/C62H108O6/c1-4-7-10-13-16-19-22-25-27-29-31-33-34-37-40-43-46-49-52-55-61(64)67-58-59(57-66-60(63)54-51-48-45-42-39-36-24-21-18-15-12-9-6-3)68-62(65)56-53-50-47-44-41-38-35-32-30-28-26-23-20-17-14-11-8-5-2/h9,12,15,18,21,24,28,30,32,35-36,39,59H,4-8,10-11,13-14,16-17,19-20,22-23,25-27,29,31,33-34,37-38,40-58H2,1-3H3/b12-9+,18-15+,24-21+,30-28+,35-32+,39-36+. The van der Waals surface area contributed by atoms with Gasteiger partial charge in [0.15, 0.2) is 6.10 Å². The molecule has 0 aliphatic carbocycles. The van der Waals surface area contributed by atoms with Gasteiger partial charge in [-0.1, -0.05) is 273 Å². The van der Waals surface area contributed by atoms with Crippen LogP contribution in [0.25, 0.3) is 0 Å². The van der Waals surface area contributed by atoms with E-state index in [0.717, 1.165) is 89.9 Å². The number of ether oxygens (including phenoxy) is 3. The summed E-state index contributed by atoms with van der Waals surface area (Å²) < 4.78 is 16.8. The highest BCUT2D eigenvalue weighted by Gasteiger charge is 2.19. The molecule has 0 aromatic rings. The van der Waals surface area contributed by atoms with Crippen LogP contribution in [0, 0.1) is 0 Å². The number of rotatable bonds is 52. The Balaban J connectivity index is 4.40. The molecule has 1 unspecified atom stereocenters. The van der Waals surface area contributed by atoms with Crippen LogP contribution in [0.15, 0.2) is 72.9 Å². The summed E-state index contributed by atoms with van der Waals surface area (Å²) in [7, 11) is 0. The van der Waals surface area contributed by atoms with E-state index < -0.39 is 6.10 Å². The SMILES string of the molecule is CC/C=C/C=C/C=C/C=C/CCCCCC(=O)OCC(COC(=O)CCCCCCCCCCCCCCCCCCCCC)OC(=O)CCCCCCC/C=C/C=C/CCCCCCCCC. The summed E-state index contributed by atoms with van der Waals surface area (Å²) in [5.74, 6) is -0.938. The van der Waals surface area contributed by atoms with E-state index in [1.54, 1.807) is 0 Å². The van der Waals surface area contributed by atoms with Crippen molar-refractivity contribution in [3.63, 3.8) is 0 Å². The lowest BCUT2D eigenvalue weighted by Crippen LogP contribution is -2.30. The van der Waals surface area contributed by atoms with Crippen LogP contribution in [-0.2, 0) is 28.6 Å². The maximum atomic E-state index is 12.8. The molecule has 68 heavy (non-hydrogen) atoms. The molecule has 0 bridgehead atoms. The Morgan fingerprint density at radius 2 is 0.574 bits per heavy atom. The number of allylic oxidation sites excluding steroid dienone is 12. The van der Waals surface area contributed by atoms with Gasteiger partial charge < -0.3 is 14.2 Å². The first-order valence-electron chi connectivity index (χ1n) is 29.0. The van der Waals surface area contributed by atoms with Gasteiger partial charge in [0, 0.05) is 19.3 Å². The second-order valence-corrected chi connectivity index (χ2v) is 19.3. The Morgan fingerprint density at radius 3 is 0.926 bits per heavy atom. The van der Waals surface area contributed by atoms with Crippen molar-refractivity contribution >= 4 is 17.9 Å². The van der Waals surface area contributed by atoms with Crippen LogP contribution in [0.2, 0.25) is 0 Å². The van der Waals surface area contributed by atoms with Gasteiger partial charge in [-0.15, -0.1) is 0 Å². The zero-order valence-electron chi connectivity index (χ0n) is 44.9. The molecule has 0 aliphatic heterocycles. The molecule has 0 aromatic carbocycles. The first-order valence-corrected chi connectivity index (χ1v) is 29.0. The maximum Gasteiger partial charge on any atom is 0.306 e. The van der Waals surface area contributed by atoms with E-state index in [0.29, 0.717) is 19.3 Å². The van der Waals surface area contributed by atoms with Crippen molar-refractivity contribution in [1.82, 2.24) is 0 Å². The molecule has 6 heteroatoms. The van der Waals surface area contributed by atoms with Crippen LogP contribution in [0.3, 0.4) is 0 Å². The summed E-state index contributed by atoms with van der Waals surface area (Å²) in [6.07, 6.45) is 71.8. The van der Waals surface area contributed by atoms with Gasteiger partial charge in [-0.3, -0.25) is 14.4 Å². The quantitative estimate of drug-likeness (QED) is 0.0262. The van der Waals surface area contributed by atoms with Crippen LogP contribution in [0.1, 0.15) is 284 Å². The van der Waals surface area contributed by atoms with Gasteiger partial charge in [0.05, 0.1) is 0 Å². The maximum absolute atomic E-state index is 12.8. The van der Waals surface area contributed by atoms with Gasteiger partial charge in [0.2, 0.25) is 0 Å². The van der Waals surface area contributed by atoms with Crippen molar-refractivity contribution in [3.8, 4) is 0 Å². The van der Waals surface area contributed by atoms with Gasteiger partial charge in [-0.05, 0) is 64.2 Å². The molecule has 0 heterocycles. The lowest BCUT2D eigenvalue weighted by Gasteiger charge is -2.18. The van der Waals surface area contributed by atoms with Gasteiger partial charge in [-0.25, -0.2) is 0 Å². The van der Waals surface area contributed by atoms with E-state index in [9.17, 15) is 14.4 Å². The molecule has 0 saturated carbocycles. The van der Waals surface area contributed by atoms with Crippen LogP contribution >= 0.6 is 0 Å². The fraction of sp³-hybridized carbons (Fsp3) is 0.758. The molecule has 6 nitrogen and oxygen atoms in total. The Kier molecular flexibility index (Phi) is 53.8. The Labute approximate surface area is 421 Å². The Hall–Kier alpha value is -3.15. The minimum Gasteiger partial charge on any atom is -0.462 e. The highest BCUT2D eigenvalue weighted by atomic mass is 16.6. The first kappa shape index (κ1) is 64.8. The average Bonchev–Trinajstić information content (AvgIpc) is 3.34. The molecule has 0 N–H and O–H groups in total. The first-order chi connectivity index (χ1) is 33.5. The average molecular weight is 950 g/mol. The monoisotopic (exact) mass is 949 g/mol.